The summed E-state index contributed by atoms with van der Waals surface area (Å²) in [5.74, 6) is 0.579. The van der Waals surface area contributed by atoms with Gasteiger partial charge in [-0.3, -0.25) is 9.59 Å². The highest BCUT2D eigenvalue weighted by atomic mass is 19.4. The maximum atomic E-state index is 12.8. The van der Waals surface area contributed by atoms with Crippen LogP contribution in [0.15, 0.2) is 35.5 Å². The van der Waals surface area contributed by atoms with E-state index < -0.39 is 23.8 Å². The standard InChI is InChI=1S/C17H19F3N4O2/c1-22-8-6-21-16(22)12-3-2-7-23(9-12)15(26)11-24-10-13(17(18,19)20)4-5-14(24)25/h4-6,8,10,12H,2-3,7,9,11H2,1H3/t12-/m0/s1. The Kier molecular flexibility index (Phi) is 4.88. The Morgan fingerprint density at radius 1 is 1.35 bits per heavy atom. The minimum absolute atomic E-state index is 0.0749. The number of imidazole rings is 1. The molecule has 2 aromatic heterocycles. The van der Waals surface area contributed by atoms with Gasteiger partial charge in [0.25, 0.3) is 5.56 Å². The first kappa shape index (κ1) is 18.2. The van der Waals surface area contributed by atoms with Crippen LogP contribution in [0, 0.1) is 0 Å². The number of amides is 1. The minimum Gasteiger partial charge on any atom is -0.340 e. The van der Waals surface area contributed by atoms with Gasteiger partial charge in [0.15, 0.2) is 0 Å². The first-order valence-electron chi connectivity index (χ1n) is 8.28. The molecule has 1 fully saturated rings. The molecule has 0 radical (unpaired) electrons. The quantitative estimate of drug-likeness (QED) is 0.833. The molecule has 1 atom stereocenters. The second kappa shape index (κ2) is 6.97. The Hall–Kier alpha value is -2.58. The van der Waals surface area contributed by atoms with E-state index in [1.54, 1.807) is 11.1 Å². The predicted octanol–water partition coefficient (Wildman–Crippen LogP) is 2.01. The first-order chi connectivity index (χ1) is 12.3. The van der Waals surface area contributed by atoms with Gasteiger partial charge in [0.1, 0.15) is 12.4 Å². The summed E-state index contributed by atoms with van der Waals surface area (Å²) >= 11 is 0. The largest absolute Gasteiger partial charge is 0.417 e. The molecular weight excluding hydrogens is 349 g/mol. The Balaban J connectivity index is 1.74. The number of aryl methyl sites for hydroxylation is 1. The number of carbonyl (C=O) groups is 1. The zero-order chi connectivity index (χ0) is 18.9. The predicted molar refractivity (Wildman–Crippen MR) is 87.5 cm³/mol. The van der Waals surface area contributed by atoms with E-state index in [-0.39, 0.29) is 11.8 Å². The molecule has 1 aliphatic rings. The molecule has 1 saturated heterocycles. The summed E-state index contributed by atoms with van der Waals surface area (Å²) in [6, 6.07) is 1.56. The van der Waals surface area contributed by atoms with Gasteiger partial charge in [-0.15, -0.1) is 0 Å². The van der Waals surface area contributed by atoms with E-state index in [1.165, 1.54) is 0 Å². The number of nitrogens with zero attached hydrogens (tertiary/aromatic N) is 4. The molecule has 1 aliphatic heterocycles. The normalized spacial score (nSPS) is 18.2. The Labute approximate surface area is 147 Å². The third-order valence-corrected chi connectivity index (χ3v) is 4.61. The lowest BCUT2D eigenvalue weighted by Crippen LogP contribution is -2.42. The molecule has 0 spiro atoms. The molecule has 3 rings (SSSR count). The number of aromatic nitrogens is 3. The van der Waals surface area contributed by atoms with Crippen LogP contribution in [0.25, 0.3) is 0 Å². The van der Waals surface area contributed by atoms with Crippen molar-refractivity contribution in [3.8, 4) is 0 Å². The fourth-order valence-electron chi connectivity index (χ4n) is 3.25. The lowest BCUT2D eigenvalue weighted by molar-refractivity contribution is -0.139. The lowest BCUT2D eigenvalue weighted by atomic mass is 9.97. The molecule has 0 bridgehead atoms. The average Bonchev–Trinajstić information content (AvgIpc) is 3.02. The van der Waals surface area contributed by atoms with Crippen molar-refractivity contribution in [2.75, 3.05) is 13.1 Å². The van der Waals surface area contributed by atoms with Gasteiger partial charge in [0, 0.05) is 50.7 Å². The lowest BCUT2D eigenvalue weighted by Gasteiger charge is -2.32. The van der Waals surface area contributed by atoms with E-state index in [4.69, 9.17) is 0 Å². The molecule has 9 heteroatoms. The Bertz CT molecular complexity index is 856. The smallest absolute Gasteiger partial charge is 0.340 e. The van der Waals surface area contributed by atoms with Gasteiger partial charge in [-0.05, 0) is 18.9 Å². The third kappa shape index (κ3) is 3.81. The molecular formula is C17H19F3N4O2. The van der Waals surface area contributed by atoms with Crippen molar-refractivity contribution in [2.24, 2.45) is 7.05 Å². The molecule has 140 valence electrons. The van der Waals surface area contributed by atoms with Crippen LogP contribution in [-0.2, 0) is 24.6 Å². The van der Waals surface area contributed by atoms with Crippen molar-refractivity contribution in [3.05, 3.63) is 52.5 Å². The van der Waals surface area contributed by atoms with E-state index >= 15 is 0 Å². The SMILES string of the molecule is Cn1ccnc1[C@H]1CCCN(C(=O)Cn2cc(C(F)(F)F)ccc2=O)C1. The van der Waals surface area contributed by atoms with Crippen molar-refractivity contribution < 1.29 is 18.0 Å². The highest BCUT2D eigenvalue weighted by molar-refractivity contribution is 5.76. The molecule has 26 heavy (non-hydrogen) atoms. The molecule has 2 aromatic rings. The monoisotopic (exact) mass is 368 g/mol. The molecule has 0 aromatic carbocycles. The van der Waals surface area contributed by atoms with Crippen molar-refractivity contribution >= 4 is 5.91 Å². The van der Waals surface area contributed by atoms with Gasteiger partial charge in [0.2, 0.25) is 5.91 Å². The van der Waals surface area contributed by atoms with Gasteiger partial charge in [-0.2, -0.15) is 13.2 Å². The Morgan fingerprint density at radius 2 is 2.12 bits per heavy atom. The highest BCUT2D eigenvalue weighted by Crippen LogP contribution is 2.28. The number of hydrogen-bond acceptors (Lipinski definition) is 3. The zero-order valence-electron chi connectivity index (χ0n) is 14.2. The molecule has 1 amide bonds. The van der Waals surface area contributed by atoms with E-state index in [1.807, 2.05) is 17.8 Å². The summed E-state index contributed by atoms with van der Waals surface area (Å²) in [7, 11) is 1.88. The average molecular weight is 368 g/mol. The van der Waals surface area contributed by atoms with Crippen LogP contribution in [0.5, 0.6) is 0 Å². The van der Waals surface area contributed by atoms with Crippen LogP contribution >= 0.6 is 0 Å². The highest BCUT2D eigenvalue weighted by Gasteiger charge is 2.32. The van der Waals surface area contributed by atoms with E-state index in [0.717, 1.165) is 35.4 Å². The fourth-order valence-corrected chi connectivity index (χ4v) is 3.25. The number of rotatable bonds is 3. The minimum atomic E-state index is -4.56. The number of likely N-dealkylation sites (tertiary alicyclic amines) is 1. The molecule has 3 heterocycles. The number of carbonyl (C=O) groups excluding carboxylic acids is 1. The van der Waals surface area contributed by atoms with Crippen molar-refractivity contribution in [1.29, 1.82) is 0 Å². The van der Waals surface area contributed by atoms with E-state index in [9.17, 15) is 22.8 Å². The van der Waals surface area contributed by atoms with Gasteiger partial charge >= 0.3 is 6.18 Å². The Morgan fingerprint density at radius 3 is 2.77 bits per heavy atom. The first-order valence-corrected chi connectivity index (χ1v) is 8.28. The molecule has 0 aliphatic carbocycles. The second-order valence-electron chi connectivity index (χ2n) is 6.46. The van der Waals surface area contributed by atoms with Crippen LogP contribution in [0.1, 0.15) is 30.1 Å². The second-order valence-corrected chi connectivity index (χ2v) is 6.46. The molecule has 6 nitrogen and oxygen atoms in total. The van der Waals surface area contributed by atoms with Crippen molar-refractivity contribution in [1.82, 2.24) is 19.0 Å². The number of alkyl halides is 3. The fraction of sp³-hybridized carbons (Fsp3) is 0.471. The van der Waals surface area contributed by atoms with Crippen LogP contribution in [-0.4, -0.2) is 38.0 Å². The summed E-state index contributed by atoms with van der Waals surface area (Å²) < 4.78 is 41.2. The van der Waals surface area contributed by atoms with Crippen LogP contribution in [0.4, 0.5) is 13.2 Å². The maximum absolute atomic E-state index is 12.8. The molecule has 0 N–H and O–H groups in total. The number of pyridine rings is 1. The number of halogens is 3. The van der Waals surface area contributed by atoms with Gasteiger partial charge in [-0.1, -0.05) is 0 Å². The third-order valence-electron chi connectivity index (χ3n) is 4.61. The van der Waals surface area contributed by atoms with E-state index in [0.29, 0.717) is 19.3 Å². The summed E-state index contributed by atoms with van der Waals surface area (Å²) in [6.45, 7) is 0.556. The maximum Gasteiger partial charge on any atom is 0.417 e. The summed E-state index contributed by atoms with van der Waals surface area (Å²) in [5, 5.41) is 0. The summed E-state index contributed by atoms with van der Waals surface area (Å²) in [4.78, 5) is 30.3. The van der Waals surface area contributed by atoms with Crippen molar-refractivity contribution in [3.63, 3.8) is 0 Å². The topological polar surface area (TPSA) is 60.1 Å². The van der Waals surface area contributed by atoms with Crippen LogP contribution in [0.3, 0.4) is 0 Å². The van der Waals surface area contributed by atoms with E-state index in [2.05, 4.69) is 4.98 Å². The molecule has 0 unspecified atom stereocenters. The van der Waals surface area contributed by atoms with Crippen LogP contribution < -0.4 is 5.56 Å². The summed E-state index contributed by atoms with van der Waals surface area (Å²) in [6.07, 6.45) is 1.32. The van der Waals surface area contributed by atoms with Gasteiger partial charge < -0.3 is 14.0 Å². The van der Waals surface area contributed by atoms with Gasteiger partial charge in [0.05, 0.1) is 5.56 Å². The summed E-state index contributed by atoms with van der Waals surface area (Å²) in [5.41, 5.74) is -1.58. The van der Waals surface area contributed by atoms with Crippen LogP contribution in [0.2, 0.25) is 0 Å². The number of piperidine rings is 1. The van der Waals surface area contributed by atoms with Crippen molar-refractivity contribution in [2.45, 2.75) is 31.5 Å². The zero-order valence-corrected chi connectivity index (χ0v) is 14.2. The molecule has 0 saturated carbocycles. The van der Waals surface area contributed by atoms with Gasteiger partial charge in [-0.25, -0.2) is 4.98 Å². The number of hydrogen-bond donors (Lipinski definition) is 0.